The third-order valence-electron chi connectivity index (χ3n) is 1.65. The lowest BCUT2D eigenvalue weighted by molar-refractivity contribution is -0.126. The molecule has 1 heterocycles. The van der Waals surface area contributed by atoms with E-state index in [9.17, 15) is 4.79 Å². The lowest BCUT2D eigenvalue weighted by atomic mass is 10.1. The quantitative estimate of drug-likeness (QED) is 0.410. The predicted molar refractivity (Wildman–Crippen MR) is 34.5 cm³/mol. The summed E-state index contributed by atoms with van der Waals surface area (Å²) in [6.07, 6.45) is -1.65. The number of carbonyl (C=O) groups is 1. The Morgan fingerprint density at radius 2 is 2.40 bits per heavy atom. The molecule has 58 valence electrons. The molecule has 3 atom stereocenters. The molecular formula is C6H11NO3. The third kappa shape index (κ3) is 1.18. The first kappa shape index (κ1) is 7.65. The van der Waals surface area contributed by atoms with E-state index < -0.39 is 18.2 Å². The van der Waals surface area contributed by atoms with Crippen molar-refractivity contribution in [2.45, 2.75) is 25.2 Å². The van der Waals surface area contributed by atoms with Gasteiger partial charge < -0.3 is 15.5 Å². The molecule has 1 unspecified atom stereocenters. The molecule has 10 heavy (non-hydrogen) atoms. The van der Waals surface area contributed by atoms with Crippen LogP contribution in [0.5, 0.6) is 0 Å². The first-order valence-electron chi connectivity index (χ1n) is 3.26. The van der Waals surface area contributed by atoms with Gasteiger partial charge in [-0.3, -0.25) is 4.79 Å². The third-order valence-corrected chi connectivity index (χ3v) is 1.65. The molecule has 0 spiro atoms. The molecule has 0 bridgehead atoms. The monoisotopic (exact) mass is 145 g/mol. The van der Waals surface area contributed by atoms with E-state index in [0.29, 0.717) is 0 Å². The second-order valence-electron chi connectivity index (χ2n) is 2.54. The van der Waals surface area contributed by atoms with Crippen molar-refractivity contribution >= 4 is 5.78 Å². The molecule has 0 aromatic heterocycles. The number of ketones is 1. The topological polar surface area (TPSA) is 69.6 Å². The molecular weight excluding hydrogens is 134 g/mol. The molecule has 1 aliphatic rings. The van der Waals surface area contributed by atoms with Gasteiger partial charge in [-0.15, -0.1) is 0 Å². The Bertz CT molecular complexity index is 146. The maximum absolute atomic E-state index is 10.9. The minimum atomic E-state index is -0.931. The molecule has 0 radical (unpaired) electrons. The Kier molecular flexibility index (Phi) is 2.03. The number of β-amino-alcohol motifs (C(OH)–C–C–N with tert-alkyl or cyclic N) is 1. The number of aliphatic hydroxyl groups excluding tert-OH is 2. The van der Waals surface area contributed by atoms with Gasteiger partial charge in [0.2, 0.25) is 0 Å². The van der Waals surface area contributed by atoms with E-state index >= 15 is 0 Å². The van der Waals surface area contributed by atoms with Crippen LogP contribution in [-0.4, -0.2) is 40.8 Å². The van der Waals surface area contributed by atoms with Crippen molar-refractivity contribution in [3.8, 4) is 0 Å². The van der Waals surface area contributed by atoms with E-state index in [2.05, 4.69) is 5.32 Å². The number of hydrogen-bond donors (Lipinski definition) is 3. The minimum absolute atomic E-state index is 0.258. The van der Waals surface area contributed by atoms with Gasteiger partial charge in [0.05, 0.1) is 12.1 Å². The summed E-state index contributed by atoms with van der Waals surface area (Å²) in [4.78, 5) is 10.9. The summed E-state index contributed by atoms with van der Waals surface area (Å²) in [5.74, 6) is -0.310. The Hall–Kier alpha value is -0.450. The Labute approximate surface area is 58.9 Å². The van der Waals surface area contributed by atoms with Crippen LogP contribution in [0.3, 0.4) is 0 Å². The van der Waals surface area contributed by atoms with Crippen LogP contribution in [-0.2, 0) is 4.79 Å². The summed E-state index contributed by atoms with van der Waals surface area (Å²) in [6.45, 7) is 1.78. The van der Waals surface area contributed by atoms with Crippen LogP contribution in [0, 0.1) is 0 Å². The van der Waals surface area contributed by atoms with Crippen LogP contribution in [0.1, 0.15) is 6.92 Å². The van der Waals surface area contributed by atoms with Crippen molar-refractivity contribution < 1.29 is 15.0 Å². The predicted octanol–water partition coefficient (Wildman–Crippen LogP) is -1.73. The number of rotatable bonds is 1. The molecule has 0 aromatic carbocycles. The van der Waals surface area contributed by atoms with Crippen LogP contribution >= 0.6 is 0 Å². The van der Waals surface area contributed by atoms with Crippen molar-refractivity contribution in [1.82, 2.24) is 5.32 Å². The molecule has 4 nitrogen and oxygen atoms in total. The van der Waals surface area contributed by atoms with E-state index in [4.69, 9.17) is 10.2 Å². The zero-order chi connectivity index (χ0) is 7.72. The minimum Gasteiger partial charge on any atom is -0.391 e. The van der Waals surface area contributed by atoms with Crippen LogP contribution < -0.4 is 5.32 Å². The molecule has 0 aliphatic carbocycles. The molecule has 4 heteroatoms. The Morgan fingerprint density at radius 3 is 2.60 bits per heavy atom. The molecule has 1 saturated heterocycles. The number of hydrogen-bond acceptors (Lipinski definition) is 4. The van der Waals surface area contributed by atoms with Crippen LogP contribution in [0.25, 0.3) is 0 Å². The van der Waals surface area contributed by atoms with E-state index in [1.54, 1.807) is 0 Å². The van der Waals surface area contributed by atoms with E-state index in [1.165, 1.54) is 6.92 Å². The summed E-state index contributed by atoms with van der Waals surface area (Å²) in [5.41, 5.74) is 0. The zero-order valence-corrected chi connectivity index (χ0v) is 5.74. The van der Waals surface area contributed by atoms with Crippen molar-refractivity contribution in [2.75, 3.05) is 6.54 Å². The van der Waals surface area contributed by atoms with Crippen molar-refractivity contribution in [1.29, 1.82) is 0 Å². The fourth-order valence-corrected chi connectivity index (χ4v) is 1.06. The maximum Gasteiger partial charge on any atom is 0.182 e. The normalized spacial score (nSPS) is 36.5. The molecule has 1 rings (SSSR count). The Balaban J connectivity index is 2.57. The highest BCUT2D eigenvalue weighted by Gasteiger charge is 2.34. The first-order valence-corrected chi connectivity index (χ1v) is 3.26. The summed E-state index contributed by atoms with van der Waals surface area (Å²) >= 11 is 0. The van der Waals surface area contributed by atoms with Gasteiger partial charge in [0.1, 0.15) is 6.10 Å². The van der Waals surface area contributed by atoms with Gasteiger partial charge in [0, 0.05) is 6.54 Å². The number of Topliss-reactive ketones (excluding diaryl/α,β-unsaturated/α-hetero) is 1. The van der Waals surface area contributed by atoms with Crippen molar-refractivity contribution in [3.05, 3.63) is 0 Å². The van der Waals surface area contributed by atoms with E-state index in [-0.39, 0.29) is 12.3 Å². The second kappa shape index (κ2) is 2.65. The average molecular weight is 145 g/mol. The van der Waals surface area contributed by atoms with E-state index in [1.807, 2.05) is 0 Å². The number of carbonyl (C=O) groups excluding carboxylic acids is 1. The van der Waals surface area contributed by atoms with Crippen LogP contribution in [0.15, 0.2) is 0 Å². The molecule has 3 N–H and O–H groups in total. The smallest absolute Gasteiger partial charge is 0.182 e. The highest BCUT2D eigenvalue weighted by molar-refractivity contribution is 5.90. The van der Waals surface area contributed by atoms with Crippen molar-refractivity contribution in [2.24, 2.45) is 0 Å². The summed E-state index contributed by atoms with van der Waals surface area (Å²) in [5, 5.41) is 20.5. The highest BCUT2D eigenvalue weighted by Crippen LogP contribution is 2.05. The molecule has 0 amide bonds. The molecule has 1 aliphatic heterocycles. The van der Waals surface area contributed by atoms with Gasteiger partial charge in [0.25, 0.3) is 0 Å². The van der Waals surface area contributed by atoms with E-state index in [0.717, 1.165) is 0 Å². The molecule has 1 fully saturated rings. The standard InChI is InChI=1S/C6H11NO3/c1-3(8)5-6(10)4(9)2-7-5/h3-5,7-9H,2H2,1H3/t3?,4-,5+/m0/s1. The average Bonchev–Trinajstić information content (AvgIpc) is 2.14. The fraction of sp³-hybridized carbons (Fsp3) is 0.833. The molecule has 0 aromatic rings. The van der Waals surface area contributed by atoms with Gasteiger partial charge in [-0.05, 0) is 6.92 Å². The van der Waals surface area contributed by atoms with Gasteiger partial charge in [-0.2, -0.15) is 0 Å². The summed E-state index contributed by atoms with van der Waals surface area (Å²) in [6, 6.07) is -0.574. The van der Waals surface area contributed by atoms with Gasteiger partial charge in [-0.25, -0.2) is 0 Å². The number of nitrogens with one attached hydrogen (secondary N) is 1. The van der Waals surface area contributed by atoms with Gasteiger partial charge in [0.15, 0.2) is 5.78 Å². The zero-order valence-electron chi connectivity index (χ0n) is 5.74. The fourth-order valence-electron chi connectivity index (χ4n) is 1.06. The van der Waals surface area contributed by atoms with Gasteiger partial charge >= 0.3 is 0 Å². The highest BCUT2D eigenvalue weighted by atomic mass is 16.3. The van der Waals surface area contributed by atoms with Gasteiger partial charge in [-0.1, -0.05) is 0 Å². The SMILES string of the molecule is CC(O)[C@H]1NC[C@H](O)C1=O. The second-order valence-corrected chi connectivity index (χ2v) is 2.54. The lowest BCUT2D eigenvalue weighted by Crippen LogP contribution is -2.38. The Morgan fingerprint density at radius 1 is 1.80 bits per heavy atom. The lowest BCUT2D eigenvalue weighted by Gasteiger charge is -2.10. The van der Waals surface area contributed by atoms with Crippen molar-refractivity contribution in [3.63, 3.8) is 0 Å². The largest absolute Gasteiger partial charge is 0.391 e. The number of aliphatic hydroxyl groups is 2. The van der Waals surface area contributed by atoms with Crippen LogP contribution in [0.4, 0.5) is 0 Å². The van der Waals surface area contributed by atoms with Crippen LogP contribution in [0.2, 0.25) is 0 Å². The maximum atomic E-state index is 10.9. The summed E-state index contributed by atoms with van der Waals surface area (Å²) in [7, 11) is 0. The molecule has 0 saturated carbocycles. The summed E-state index contributed by atoms with van der Waals surface area (Å²) < 4.78 is 0. The first-order chi connectivity index (χ1) is 4.63.